The summed E-state index contributed by atoms with van der Waals surface area (Å²) in [6.07, 6.45) is 8.06. The number of fused-ring (bicyclic) bond motifs is 2. The molecule has 0 aromatic rings. The van der Waals surface area contributed by atoms with Crippen molar-refractivity contribution in [3.8, 4) is 0 Å². The second-order valence-electron chi connectivity index (χ2n) is 4.35. The number of carbonyl (C=O) groups excluding carboxylic acids is 1. The highest BCUT2D eigenvalue weighted by Crippen LogP contribution is 2.43. The molecule has 0 N–H and O–H groups in total. The number of methoxy groups -OCH3 is 1. The average Bonchev–Trinajstić information content (AvgIpc) is 2.55. The molecule has 1 fully saturated rings. The van der Waals surface area contributed by atoms with Gasteiger partial charge < -0.3 is 9.47 Å². The number of esters is 1. The van der Waals surface area contributed by atoms with Crippen molar-refractivity contribution in [3.05, 3.63) is 24.0 Å². The van der Waals surface area contributed by atoms with E-state index in [-0.39, 0.29) is 17.8 Å². The van der Waals surface area contributed by atoms with E-state index >= 15 is 0 Å². The molecule has 2 aliphatic rings. The Kier molecular flexibility index (Phi) is 3.32. The van der Waals surface area contributed by atoms with Crippen LogP contribution in [0.25, 0.3) is 0 Å². The minimum atomic E-state index is -0.0757. The maximum atomic E-state index is 11.8. The lowest BCUT2D eigenvalue weighted by Gasteiger charge is -2.19. The summed E-state index contributed by atoms with van der Waals surface area (Å²) in [4.78, 5) is 11.8. The number of hydrogen-bond donors (Lipinski definition) is 0. The van der Waals surface area contributed by atoms with E-state index in [4.69, 9.17) is 9.47 Å². The fourth-order valence-electron chi connectivity index (χ4n) is 2.71. The highest BCUT2D eigenvalue weighted by Gasteiger charge is 2.41. The van der Waals surface area contributed by atoms with Crippen LogP contribution >= 0.6 is 0 Å². The van der Waals surface area contributed by atoms with Gasteiger partial charge in [-0.15, -0.1) is 0 Å². The lowest BCUT2D eigenvalue weighted by Crippen LogP contribution is -2.23. The van der Waals surface area contributed by atoms with Crippen molar-refractivity contribution in [2.24, 2.45) is 17.8 Å². The van der Waals surface area contributed by atoms with Crippen molar-refractivity contribution >= 4 is 5.97 Å². The van der Waals surface area contributed by atoms with Crippen molar-refractivity contribution in [2.75, 3.05) is 13.7 Å². The first-order chi connectivity index (χ1) is 7.76. The monoisotopic (exact) mass is 222 g/mol. The average molecular weight is 222 g/mol. The Morgan fingerprint density at radius 3 is 3.00 bits per heavy atom. The van der Waals surface area contributed by atoms with Gasteiger partial charge in [-0.05, 0) is 31.8 Å². The van der Waals surface area contributed by atoms with E-state index in [0.29, 0.717) is 12.5 Å². The van der Waals surface area contributed by atoms with Gasteiger partial charge in [-0.2, -0.15) is 0 Å². The summed E-state index contributed by atoms with van der Waals surface area (Å²) >= 11 is 0. The fourth-order valence-corrected chi connectivity index (χ4v) is 2.71. The van der Waals surface area contributed by atoms with Crippen LogP contribution in [0.2, 0.25) is 0 Å². The van der Waals surface area contributed by atoms with Crippen molar-refractivity contribution in [2.45, 2.75) is 19.8 Å². The van der Waals surface area contributed by atoms with Gasteiger partial charge in [0.25, 0.3) is 0 Å². The number of hydrogen-bond acceptors (Lipinski definition) is 3. The van der Waals surface area contributed by atoms with Crippen molar-refractivity contribution in [3.63, 3.8) is 0 Å². The minimum Gasteiger partial charge on any atom is -0.501 e. The van der Waals surface area contributed by atoms with Gasteiger partial charge in [0.05, 0.1) is 25.4 Å². The fraction of sp³-hybridized carbons (Fsp3) is 0.615. The zero-order chi connectivity index (χ0) is 11.5. The van der Waals surface area contributed by atoms with Gasteiger partial charge in [-0.25, -0.2) is 0 Å². The SMILES string of the molecule is CCOC(=O)[C@H]1C[C@@H]2C=CC=C(OC)[C@@H]1C2. The summed E-state index contributed by atoms with van der Waals surface area (Å²) in [5.74, 6) is 1.50. The van der Waals surface area contributed by atoms with E-state index in [0.717, 1.165) is 18.6 Å². The predicted molar refractivity (Wildman–Crippen MR) is 60.6 cm³/mol. The Hall–Kier alpha value is -1.25. The topological polar surface area (TPSA) is 35.5 Å². The summed E-state index contributed by atoms with van der Waals surface area (Å²) in [6, 6.07) is 0. The first kappa shape index (κ1) is 11.2. The third kappa shape index (κ3) is 1.99. The summed E-state index contributed by atoms with van der Waals surface area (Å²) in [5.41, 5.74) is 0. The Balaban J connectivity index is 2.15. The highest BCUT2D eigenvalue weighted by molar-refractivity contribution is 5.74. The molecule has 2 aliphatic carbocycles. The van der Waals surface area contributed by atoms with E-state index < -0.39 is 0 Å². The molecule has 3 atom stereocenters. The molecule has 16 heavy (non-hydrogen) atoms. The third-order valence-corrected chi connectivity index (χ3v) is 3.43. The van der Waals surface area contributed by atoms with Crippen LogP contribution in [0, 0.1) is 17.8 Å². The van der Waals surface area contributed by atoms with Gasteiger partial charge in [0.15, 0.2) is 0 Å². The molecule has 0 heterocycles. The van der Waals surface area contributed by atoms with E-state index in [1.54, 1.807) is 7.11 Å². The molecule has 0 amide bonds. The summed E-state index contributed by atoms with van der Waals surface area (Å²) in [5, 5.41) is 0. The largest absolute Gasteiger partial charge is 0.501 e. The third-order valence-electron chi connectivity index (χ3n) is 3.43. The molecule has 0 radical (unpaired) electrons. The molecule has 0 aromatic carbocycles. The number of ether oxygens (including phenoxy) is 2. The number of rotatable bonds is 3. The molecule has 0 spiro atoms. The molecule has 3 heteroatoms. The highest BCUT2D eigenvalue weighted by atomic mass is 16.5. The second kappa shape index (κ2) is 4.73. The normalized spacial score (nSPS) is 31.9. The van der Waals surface area contributed by atoms with E-state index in [1.165, 1.54) is 0 Å². The molecule has 2 rings (SSSR count). The van der Waals surface area contributed by atoms with Gasteiger partial charge >= 0.3 is 5.97 Å². The lowest BCUT2D eigenvalue weighted by atomic mass is 9.93. The first-order valence-corrected chi connectivity index (χ1v) is 5.85. The molecule has 2 bridgehead atoms. The molecule has 88 valence electrons. The van der Waals surface area contributed by atoms with Crippen molar-refractivity contribution in [1.82, 2.24) is 0 Å². The predicted octanol–water partition coefficient (Wildman–Crippen LogP) is 2.29. The van der Waals surface area contributed by atoms with Crippen molar-refractivity contribution in [1.29, 1.82) is 0 Å². The van der Waals surface area contributed by atoms with Gasteiger partial charge in [-0.3, -0.25) is 4.79 Å². The first-order valence-electron chi connectivity index (χ1n) is 5.85. The Morgan fingerprint density at radius 2 is 2.31 bits per heavy atom. The molecule has 0 unspecified atom stereocenters. The maximum absolute atomic E-state index is 11.8. The summed E-state index contributed by atoms with van der Waals surface area (Å²) in [6.45, 7) is 2.30. The van der Waals surface area contributed by atoms with Crippen LogP contribution in [0.5, 0.6) is 0 Å². The molecule has 0 saturated heterocycles. The van der Waals surface area contributed by atoms with E-state index in [2.05, 4.69) is 6.08 Å². The summed E-state index contributed by atoms with van der Waals surface area (Å²) < 4.78 is 10.5. The van der Waals surface area contributed by atoms with Gasteiger partial charge in [0.1, 0.15) is 0 Å². The number of allylic oxidation sites excluding steroid dienone is 4. The minimum absolute atomic E-state index is 0.0268. The van der Waals surface area contributed by atoms with Gasteiger partial charge in [0.2, 0.25) is 0 Å². The van der Waals surface area contributed by atoms with Crippen LogP contribution in [0.3, 0.4) is 0 Å². The molecule has 0 aromatic heterocycles. The Labute approximate surface area is 96.1 Å². The van der Waals surface area contributed by atoms with Crippen LogP contribution in [0.15, 0.2) is 24.0 Å². The van der Waals surface area contributed by atoms with Gasteiger partial charge in [-0.1, -0.05) is 12.2 Å². The van der Waals surface area contributed by atoms with Gasteiger partial charge in [0, 0.05) is 5.92 Å². The Morgan fingerprint density at radius 1 is 1.50 bits per heavy atom. The smallest absolute Gasteiger partial charge is 0.309 e. The molecular formula is C13H18O3. The van der Waals surface area contributed by atoms with Crippen LogP contribution < -0.4 is 0 Å². The van der Waals surface area contributed by atoms with E-state index in [9.17, 15) is 4.79 Å². The maximum Gasteiger partial charge on any atom is 0.309 e. The standard InChI is InChI=1S/C13H18O3/c1-3-16-13(14)11-8-9-5-4-6-12(15-2)10(11)7-9/h4-6,9-11H,3,7-8H2,1-2H3/t9-,10-,11+/m1/s1. The molecule has 0 aliphatic heterocycles. The second-order valence-corrected chi connectivity index (χ2v) is 4.35. The van der Waals surface area contributed by atoms with E-state index in [1.807, 2.05) is 19.1 Å². The lowest BCUT2D eigenvalue weighted by molar-refractivity contribution is -0.149. The van der Waals surface area contributed by atoms with Crippen LogP contribution in [-0.2, 0) is 14.3 Å². The molecular weight excluding hydrogens is 204 g/mol. The quantitative estimate of drug-likeness (QED) is 0.687. The Bertz CT molecular complexity index is 330. The number of carbonyl (C=O) groups is 1. The zero-order valence-electron chi connectivity index (χ0n) is 9.81. The van der Waals surface area contributed by atoms with Crippen molar-refractivity contribution < 1.29 is 14.3 Å². The molecule has 1 saturated carbocycles. The molecule has 3 nitrogen and oxygen atoms in total. The van der Waals surface area contributed by atoms with Crippen LogP contribution in [-0.4, -0.2) is 19.7 Å². The van der Waals surface area contributed by atoms with Crippen LogP contribution in [0.4, 0.5) is 0 Å². The van der Waals surface area contributed by atoms with Crippen LogP contribution in [0.1, 0.15) is 19.8 Å². The zero-order valence-corrected chi connectivity index (χ0v) is 9.81. The summed E-state index contributed by atoms with van der Waals surface area (Å²) in [7, 11) is 1.67.